The van der Waals surface area contributed by atoms with E-state index in [4.69, 9.17) is 0 Å². The number of aromatic nitrogens is 1. The molecule has 4 N–H and O–H groups in total. The Morgan fingerprint density at radius 2 is 2.30 bits per heavy atom. The Morgan fingerprint density at radius 3 is 3.05 bits per heavy atom. The van der Waals surface area contributed by atoms with Crippen LogP contribution in [0.1, 0.15) is 6.42 Å². The topological polar surface area (TPSA) is 77.2 Å². The van der Waals surface area contributed by atoms with Crippen LogP contribution in [0.5, 0.6) is 0 Å². The van der Waals surface area contributed by atoms with Gasteiger partial charge in [0, 0.05) is 47.0 Å². The van der Waals surface area contributed by atoms with Gasteiger partial charge in [-0.05, 0) is 18.2 Å². The van der Waals surface area contributed by atoms with Crippen LogP contribution in [-0.2, 0) is 4.79 Å². The molecular formula is C14H16BrN3O2. The minimum absolute atomic E-state index is 0.00523. The predicted molar refractivity (Wildman–Crippen MR) is 81.6 cm³/mol. The zero-order valence-corrected chi connectivity index (χ0v) is 12.4. The number of hydrogen-bond acceptors (Lipinski definition) is 3. The number of carbonyl (C=O) groups excluding carboxylic acids is 1. The Balaban J connectivity index is 1.71. The second-order valence-corrected chi connectivity index (χ2v) is 6.05. The lowest BCUT2D eigenvalue weighted by Gasteiger charge is -2.12. The molecule has 0 unspecified atom stereocenters. The number of aromatic amines is 1. The third-order valence-electron chi connectivity index (χ3n) is 3.67. The minimum atomic E-state index is -0.431. The third kappa shape index (κ3) is 2.72. The van der Waals surface area contributed by atoms with E-state index in [0.717, 1.165) is 21.1 Å². The van der Waals surface area contributed by atoms with Crippen molar-refractivity contribution in [1.29, 1.82) is 0 Å². The van der Waals surface area contributed by atoms with Crippen LogP contribution in [0.25, 0.3) is 10.9 Å². The Morgan fingerprint density at radius 1 is 1.45 bits per heavy atom. The number of fused-ring (bicyclic) bond motifs is 1. The molecule has 2 heterocycles. The van der Waals surface area contributed by atoms with E-state index in [9.17, 15) is 9.90 Å². The van der Waals surface area contributed by atoms with Crippen LogP contribution in [0, 0.1) is 5.92 Å². The molecular weight excluding hydrogens is 322 g/mol. The molecule has 0 radical (unpaired) electrons. The van der Waals surface area contributed by atoms with E-state index in [1.54, 1.807) is 6.20 Å². The van der Waals surface area contributed by atoms with Gasteiger partial charge < -0.3 is 20.7 Å². The van der Waals surface area contributed by atoms with Crippen molar-refractivity contribution in [2.45, 2.75) is 12.5 Å². The highest BCUT2D eigenvalue weighted by Gasteiger charge is 2.27. The number of nitrogens with one attached hydrogen (secondary N) is 3. The van der Waals surface area contributed by atoms with E-state index in [0.29, 0.717) is 19.5 Å². The van der Waals surface area contributed by atoms with Crippen LogP contribution >= 0.6 is 15.9 Å². The number of halogens is 1. The summed E-state index contributed by atoms with van der Waals surface area (Å²) >= 11 is 3.42. The van der Waals surface area contributed by atoms with Gasteiger partial charge in [0.1, 0.15) is 0 Å². The molecule has 1 aliphatic heterocycles. The molecule has 2 aromatic rings. The highest BCUT2D eigenvalue weighted by molar-refractivity contribution is 9.10. The summed E-state index contributed by atoms with van der Waals surface area (Å²) in [6.07, 6.45) is 1.69. The maximum absolute atomic E-state index is 12.0. The summed E-state index contributed by atoms with van der Waals surface area (Å²) in [5.74, 6) is -0.0732. The second kappa shape index (κ2) is 5.55. The molecule has 0 bridgehead atoms. The van der Waals surface area contributed by atoms with Gasteiger partial charge >= 0.3 is 0 Å². The fourth-order valence-electron chi connectivity index (χ4n) is 2.57. The number of benzene rings is 1. The fraction of sp³-hybridized carbons (Fsp3) is 0.357. The van der Waals surface area contributed by atoms with Crippen LogP contribution in [-0.4, -0.2) is 35.2 Å². The van der Waals surface area contributed by atoms with Crippen LogP contribution in [0.4, 0.5) is 5.69 Å². The van der Waals surface area contributed by atoms with Crippen LogP contribution in [0.3, 0.4) is 0 Å². The maximum Gasteiger partial charge on any atom is 0.224 e. The van der Waals surface area contributed by atoms with E-state index < -0.39 is 6.10 Å². The summed E-state index contributed by atoms with van der Waals surface area (Å²) in [4.78, 5) is 15.2. The van der Waals surface area contributed by atoms with Gasteiger partial charge in [-0.3, -0.25) is 4.79 Å². The lowest BCUT2D eigenvalue weighted by atomic mass is 10.0. The summed E-state index contributed by atoms with van der Waals surface area (Å²) in [6.45, 7) is 1.26. The van der Waals surface area contributed by atoms with E-state index in [1.165, 1.54) is 0 Å². The third-order valence-corrected chi connectivity index (χ3v) is 4.16. The highest BCUT2D eigenvalue weighted by Crippen LogP contribution is 2.26. The standard InChI is InChI=1S/C14H16BrN3O2/c15-9-1-2-10-11(4-9)17-6-12(10)18-14(20)3-8-5-16-7-13(8)19/h1-2,4,6,8,13,16-17,19H,3,5,7H2,(H,18,20)/t8-,13-/m1/s1. The number of hydrogen-bond donors (Lipinski definition) is 4. The normalized spacial score (nSPS) is 22.3. The number of H-pyrrole nitrogens is 1. The first-order valence-corrected chi connectivity index (χ1v) is 7.38. The maximum atomic E-state index is 12.0. The average Bonchev–Trinajstić information content (AvgIpc) is 2.97. The van der Waals surface area contributed by atoms with Gasteiger partial charge in [-0.25, -0.2) is 0 Å². The smallest absolute Gasteiger partial charge is 0.224 e. The Labute approximate surface area is 124 Å². The molecule has 0 saturated carbocycles. The quantitative estimate of drug-likeness (QED) is 0.690. The molecule has 3 rings (SSSR count). The molecule has 1 aromatic heterocycles. The van der Waals surface area contributed by atoms with Crippen molar-refractivity contribution in [2.24, 2.45) is 5.92 Å². The van der Waals surface area contributed by atoms with Crippen molar-refractivity contribution >= 4 is 38.4 Å². The molecule has 1 amide bonds. The molecule has 6 heteroatoms. The number of aliphatic hydroxyl groups excluding tert-OH is 1. The average molecular weight is 338 g/mol. The molecule has 2 atom stereocenters. The lowest BCUT2D eigenvalue weighted by Crippen LogP contribution is -2.24. The van der Waals surface area contributed by atoms with Crippen molar-refractivity contribution < 1.29 is 9.90 Å². The molecule has 1 fully saturated rings. The predicted octanol–water partition coefficient (Wildman–Crippen LogP) is 1.84. The van der Waals surface area contributed by atoms with Crippen molar-refractivity contribution in [3.63, 3.8) is 0 Å². The van der Waals surface area contributed by atoms with Crippen LogP contribution < -0.4 is 10.6 Å². The van der Waals surface area contributed by atoms with E-state index in [-0.39, 0.29) is 11.8 Å². The van der Waals surface area contributed by atoms with Crippen molar-refractivity contribution in [2.75, 3.05) is 18.4 Å². The monoisotopic (exact) mass is 337 g/mol. The van der Waals surface area contributed by atoms with E-state index >= 15 is 0 Å². The Hall–Kier alpha value is -1.37. The number of β-amino-alcohol motifs (C(OH)–C–C–N with tert-alkyl or cyclic N) is 1. The SMILES string of the molecule is O=C(C[C@@H]1CNC[C@H]1O)Nc1c[nH]c2cc(Br)ccc12. The highest BCUT2D eigenvalue weighted by atomic mass is 79.9. The van der Waals surface area contributed by atoms with Gasteiger partial charge in [0.05, 0.1) is 11.8 Å². The molecule has 0 aliphatic carbocycles. The number of amides is 1. The summed E-state index contributed by atoms with van der Waals surface area (Å²) in [5, 5.41) is 16.7. The first-order valence-electron chi connectivity index (χ1n) is 6.59. The fourth-order valence-corrected chi connectivity index (χ4v) is 2.93. The number of carbonyl (C=O) groups is 1. The Kier molecular flexibility index (Phi) is 3.78. The summed E-state index contributed by atoms with van der Waals surface area (Å²) in [5.41, 5.74) is 1.75. The van der Waals surface area contributed by atoms with Gasteiger partial charge in [-0.1, -0.05) is 15.9 Å². The molecule has 20 heavy (non-hydrogen) atoms. The molecule has 0 spiro atoms. The second-order valence-electron chi connectivity index (χ2n) is 5.13. The lowest BCUT2D eigenvalue weighted by molar-refractivity contribution is -0.117. The number of aliphatic hydroxyl groups is 1. The summed E-state index contributed by atoms with van der Waals surface area (Å²) < 4.78 is 0.991. The molecule has 106 valence electrons. The molecule has 1 aromatic carbocycles. The van der Waals surface area contributed by atoms with Gasteiger partial charge in [0.2, 0.25) is 5.91 Å². The molecule has 5 nitrogen and oxygen atoms in total. The first kappa shape index (κ1) is 13.6. The summed E-state index contributed by atoms with van der Waals surface area (Å²) in [7, 11) is 0. The van der Waals surface area contributed by atoms with Gasteiger partial charge in [0.15, 0.2) is 0 Å². The van der Waals surface area contributed by atoms with Gasteiger partial charge in [-0.15, -0.1) is 0 Å². The van der Waals surface area contributed by atoms with Gasteiger partial charge in [-0.2, -0.15) is 0 Å². The zero-order valence-electron chi connectivity index (χ0n) is 10.8. The van der Waals surface area contributed by atoms with Gasteiger partial charge in [0.25, 0.3) is 0 Å². The van der Waals surface area contributed by atoms with Crippen molar-refractivity contribution in [1.82, 2.24) is 10.3 Å². The summed E-state index contributed by atoms with van der Waals surface area (Å²) in [6, 6.07) is 5.86. The number of rotatable bonds is 3. The number of anilines is 1. The van der Waals surface area contributed by atoms with Crippen molar-refractivity contribution in [3.05, 3.63) is 28.9 Å². The minimum Gasteiger partial charge on any atom is -0.391 e. The van der Waals surface area contributed by atoms with Crippen molar-refractivity contribution in [3.8, 4) is 0 Å². The van der Waals surface area contributed by atoms with Crippen LogP contribution in [0.2, 0.25) is 0 Å². The Bertz CT molecular complexity index is 640. The first-order chi connectivity index (χ1) is 9.63. The van der Waals surface area contributed by atoms with Crippen LogP contribution in [0.15, 0.2) is 28.9 Å². The molecule has 1 aliphatic rings. The molecule has 1 saturated heterocycles. The largest absolute Gasteiger partial charge is 0.391 e. The van der Waals surface area contributed by atoms with E-state index in [1.807, 2.05) is 18.2 Å². The van der Waals surface area contributed by atoms with E-state index in [2.05, 4.69) is 31.5 Å². The zero-order chi connectivity index (χ0) is 14.1.